The van der Waals surface area contributed by atoms with Gasteiger partial charge in [-0.15, -0.1) is 0 Å². The monoisotopic (exact) mass is 257 g/mol. The fraction of sp³-hybridized carbons (Fsp3) is 0.133. The Balaban J connectivity index is 2.35. The van der Waals surface area contributed by atoms with Crippen LogP contribution in [0.25, 0.3) is 0 Å². The maximum absolute atomic E-state index is 13.2. The smallest absolute Gasteiger partial charge is 0.133 e. The third-order valence-electron chi connectivity index (χ3n) is 2.61. The van der Waals surface area contributed by atoms with Crippen molar-refractivity contribution in [3.63, 3.8) is 0 Å². The predicted octanol–water partition coefficient (Wildman–Crippen LogP) is 3.54. The quantitative estimate of drug-likeness (QED) is 0.914. The third kappa shape index (κ3) is 3.09. The standard InChI is InChI=1S/C15H12FNO2/c1-10(18)14-8-12(16)5-6-15(14)19-13-4-2-3-11(7-13)9-17/h2-8,10,18H,1H3. The molecule has 1 unspecified atom stereocenters. The van der Waals surface area contributed by atoms with Crippen LogP contribution in [-0.4, -0.2) is 5.11 Å². The van der Waals surface area contributed by atoms with Crippen LogP contribution in [0.4, 0.5) is 4.39 Å². The van der Waals surface area contributed by atoms with Crippen LogP contribution < -0.4 is 4.74 Å². The van der Waals surface area contributed by atoms with E-state index in [1.54, 1.807) is 24.3 Å². The van der Waals surface area contributed by atoms with Crippen molar-refractivity contribution in [3.8, 4) is 17.6 Å². The van der Waals surface area contributed by atoms with Gasteiger partial charge in [0, 0.05) is 5.56 Å². The number of halogens is 1. The van der Waals surface area contributed by atoms with Crippen molar-refractivity contribution in [2.75, 3.05) is 0 Å². The highest BCUT2D eigenvalue weighted by molar-refractivity contribution is 5.42. The van der Waals surface area contributed by atoms with E-state index in [9.17, 15) is 9.50 Å². The van der Waals surface area contributed by atoms with E-state index in [1.165, 1.54) is 25.1 Å². The van der Waals surface area contributed by atoms with Gasteiger partial charge in [-0.1, -0.05) is 6.07 Å². The summed E-state index contributed by atoms with van der Waals surface area (Å²) in [4.78, 5) is 0. The molecule has 19 heavy (non-hydrogen) atoms. The van der Waals surface area contributed by atoms with Crippen LogP contribution >= 0.6 is 0 Å². The summed E-state index contributed by atoms with van der Waals surface area (Å²) in [6, 6.07) is 12.6. The molecule has 0 bridgehead atoms. The summed E-state index contributed by atoms with van der Waals surface area (Å²) in [5.41, 5.74) is 0.834. The summed E-state index contributed by atoms with van der Waals surface area (Å²) in [6.07, 6.45) is -0.843. The molecule has 0 radical (unpaired) electrons. The molecule has 2 aromatic carbocycles. The molecule has 3 nitrogen and oxygen atoms in total. The molecule has 0 saturated heterocycles. The fourth-order valence-corrected chi connectivity index (χ4v) is 1.69. The van der Waals surface area contributed by atoms with Crippen LogP contribution in [0.3, 0.4) is 0 Å². The molecule has 0 saturated carbocycles. The van der Waals surface area contributed by atoms with E-state index in [2.05, 4.69) is 0 Å². The number of nitrogens with zero attached hydrogens (tertiary/aromatic N) is 1. The molecule has 0 aliphatic carbocycles. The highest BCUT2D eigenvalue weighted by Gasteiger charge is 2.11. The first-order valence-corrected chi connectivity index (χ1v) is 5.75. The second-order valence-corrected chi connectivity index (χ2v) is 4.10. The summed E-state index contributed by atoms with van der Waals surface area (Å²) in [5.74, 6) is 0.396. The molecule has 2 aromatic rings. The molecule has 0 amide bonds. The Kier molecular flexibility index (Phi) is 3.79. The molecule has 0 aliphatic heterocycles. The van der Waals surface area contributed by atoms with E-state index < -0.39 is 11.9 Å². The number of benzene rings is 2. The highest BCUT2D eigenvalue weighted by atomic mass is 19.1. The van der Waals surface area contributed by atoms with Crippen molar-refractivity contribution < 1.29 is 14.2 Å². The minimum atomic E-state index is -0.843. The predicted molar refractivity (Wildman–Crippen MR) is 68.3 cm³/mol. The minimum absolute atomic E-state index is 0.363. The number of aliphatic hydroxyl groups is 1. The Labute approximate surface area is 110 Å². The lowest BCUT2D eigenvalue weighted by atomic mass is 10.1. The van der Waals surface area contributed by atoms with Gasteiger partial charge in [0.1, 0.15) is 17.3 Å². The average Bonchev–Trinajstić information content (AvgIpc) is 2.41. The van der Waals surface area contributed by atoms with Gasteiger partial charge in [0.05, 0.1) is 17.7 Å². The Morgan fingerprint density at radius 2 is 2.05 bits per heavy atom. The Bertz CT molecular complexity index is 632. The van der Waals surface area contributed by atoms with E-state index in [4.69, 9.17) is 10.00 Å². The van der Waals surface area contributed by atoms with Crippen molar-refractivity contribution in [1.29, 1.82) is 5.26 Å². The van der Waals surface area contributed by atoms with Crippen molar-refractivity contribution in [3.05, 3.63) is 59.4 Å². The number of nitriles is 1. The van der Waals surface area contributed by atoms with Crippen LogP contribution in [-0.2, 0) is 0 Å². The van der Waals surface area contributed by atoms with Gasteiger partial charge in [-0.05, 0) is 43.3 Å². The molecule has 0 fully saturated rings. The van der Waals surface area contributed by atoms with Gasteiger partial charge in [0.2, 0.25) is 0 Å². The lowest BCUT2D eigenvalue weighted by molar-refractivity contribution is 0.195. The normalized spacial score (nSPS) is 11.7. The molecule has 0 spiro atoms. The van der Waals surface area contributed by atoms with Crippen molar-refractivity contribution >= 4 is 0 Å². The Hall–Kier alpha value is -2.38. The SMILES string of the molecule is CC(O)c1cc(F)ccc1Oc1cccc(C#N)c1. The zero-order chi connectivity index (χ0) is 13.8. The van der Waals surface area contributed by atoms with E-state index in [0.717, 1.165) is 0 Å². The first-order chi connectivity index (χ1) is 9.10. The summed E-state index contributed by atoms with van der Waals surface area (Å²) >= 11 is 0. The number of ether oxygens (including phenoxy) is 1. The average molecular weight is 257 g/mol. The van der Waals surface area contributed by atoms with Gasteiger partial charge in [0.25, 0.3) is 0 Å². The highest BCUT2D eigenvalue weighted by Crippen LogP contribution is 2.30. The van der Waals surface area contributed by atoms with Gasteiger partial charge in [-0.2, -0.15) is 5.26 Å². The van der Waals surface area contributed by atoms with Crippen LogP contribution in [0, 0.1) is 17.1 Å². The maximum atomic E-state index is 13.2. The van der Waals surface area contributed by atoms with E-state index in [0.29, 0.717) is 22.6 Å². The lowest BCUT2D eigenvalue weighted by Crippen LogP contribution is -1.97. The van der Waals surface area contributed by atoms with Gasteiger partial charge in [-0.25, -0.2) is 4.39 Å². The summed E-state index contributed by atoms with van der Waals surface area (Å²) in [6.45, 7) is 1.54. The van der Waals surface area contributed by atoms with Gasteiger partial charge in [0.15, 0.2) is 0 Å². The number of aliphatic hydroxyl groups excluding tert-OH is 1. The zero-order valence-electron chi connectivity index (χ0n) is 10.3. The van der Waals surface area contributed by atoms with Crippen LogP contribution in [0.5, 0.6) is 11.5 Å². The second kappa shape index (κ2) is 5.51. The molecule has 2 rings (SSSR count). The molecule has 1 atom stereocenters. The molecule has 4 heteroatoms. The molecule has 0 aliphatic rings. The maximum Gasteiger partial charge on any atom is 0.133 e. The molecule has 96 valence electrons. The second-order valence-electron chi connectivity index (χ2n) is 4.10. The summed E-state index contributed by atoms with van der Waals surface area (Å²) in [7, 11) is 0. The first-order valence-electron chi connectivity index (χ1n) is 5.75. The van der Waals surface area contributed by atoms with E-state index in [1.807, 2.05) is 6.07 Å². The van der Waals surface area contributed by atoms with Crippen LogP contribution in [0.1, 0.15) is 24.2 Å². The van der Waals surface area contributed by atoms with Crippen molar-refractivity contribution in [2.24, 2.45) is 0 Å². The Morgan fingerprint density at radius 1 is 1.26 bits per heavy atom. The lowest BCUT2D eigenvalue weighted by Gasteiger charge is -2.13. The molecular formula is C15H12FNO2. The van der Waals surface area contributed by atoms with Crippen LogP contribution in [0.2, 0.25) is 0 Å². The number of rotatable bonds is 3. The fourth-order valence-electron chi connectivity index (χ4n) is 1.69. The van der Waals surface area contributed by atoms with Crippen molar-refractivity contribution in [1.82, 2.24) is 0 Å². The third-order valence-corrected chi connectivity index (χ3v) is 2.61. The van der Waals surface area contributed by atoms with Crippen LogP contribution in [0.15, 0.2) is 42.5 Å². The van der Waals surface area contributed by atoms with Gasteiger partial charge < -0.3 is 9.84 Å². The summed E-state index contributed by atoms with van der Waals surface area (Å²) in [5, 5.41) is 18.4. The first kappa shape index (κ1) is 13.1. The van der Waals surface area contributed by atoms with E-state index in [-0.39, 0.29) is 0 Å². The largest absolute Gasteiger partial charge is 0.457 e. The number of hydrogen-bond donors (Lipinski definition) is 1. The Morgan fingerprint density at radius 3 is 2.74 bits per heavy atom. The van der Waals surface area contributed by atoms with Gasteiger partial charge in [-0.3, -0.25) is 0 Å². The minimum Gasteiger partial charge on any atom is -0.457 e. The topological polar surface area (TPSA) is 53.2 Å². The molecule has 1 N–H and O–H groups in total. The molecular weight excluding hydrogens is 245 g/mol. The van der Waals surface area contributed by atoms with Crippen molar-refractivity contribution in [2.45, 2.75) is 13.0 Å². The zero-order valence-corrected chi connectivity index (χ0v) is 10.3. The molecule has 0 aromatic heterocycles. The van der Waals surface area contributed by atoms with E-state index >= 15 is 0 Å². The number of hydrogen-bond acceptors (Lipinski definition) is 3. The van der Waals surface area contributed by atoms with Gasteiger partial charge >= 0.3 is 0 Å². The molecule has 0 heterocycles. The summed E-state index contributed by atoms with van der Waals surface area (Å²) < 4.78 is 18.7.